The minimum absolute atomic E-state index is 0.142. The number of benzene rings is 1. The maximum absolute atomic E-state index is 12.1. The molecule has 1 aliphatic rings. The molecule has 3 atom stereocenters. The van der Waals surface area contributed by atoms with Gasteiger partial charge in [-0.05, 0) is 30.7 Å². The zero-order valence-corrected chi connectivity index (χ0v) is 11.7. The van der Waals surface area contributed by atoms with Gasteiger partial charge >= 0.3 is 0 Å². The lowest BCUT2D eigenvalue weighted by Gasteiger charge is -2.25. The van der Waals surface area contributed by atoms with Crippen molar-refractivity contribution in [3.05, 3.63) is 35.9 Å². The Kier molecular flexibility index (Phi) is 4.59. The molecule has 104 valence electrons. The number of rotatable bonds is 5. The molecule has 3 nitrogen and oxygen atoms in total. The summed E-state index contributed by atoms with van der Waals surface area (Å²) in [6, 6.07) is 10.3. The van der Waals surface area contributed by atoms with E-state index in [0.29, 0.717) is 12.3 Å². The van der Waals surface area contributed by atoms with Crippen LogP contribution < -0.4 is 0 Å². The molecule has 1 saturated heterocycles. The molecular formula is C16H23NO2. The highest BCUT2D eigenvalue weighted by molar-refractivity contribution is 5.79. The molecule has 1 aromatic carbocycles. The van der Waals surface area contributed by atoms with Crippen molar-refractivity contribution in [2.24, 2.45) is 11.8 Å². The minimum Gasteiger partial charge on any atom is -0.396 e. The summed E-state index contributed by atoms with van der Waals surface area (Å²) in [7, 11) is 0. The average Bonchev–Trinajstić information content (AvgIpc) is 2.79. The highest BCUT2D eigenvalue weighted by Gasteiger charge is 2.33. The number of aliphatic hydroxyl groups excluding tert-OH is 1. The molecule has 0 bridgehead atoms. The lowest BCUT2D eigenvalue weighted by Crippen LogP contribution is -2.28. The van der Waals surface area contributed by atoms with E-state index in [1.165, 1.54) is 5.56 Å². The molecule has 0 spiro atoms. The van der Waals surface area contributed by atoms with Gasteiger partial charge in [-0.1, -0.05) is 37.3 Å². The standard InChI is InChI=1S/C16H23NO2/c1-12(11-18)8-14-9-16(19)17(10-14)13(2)15-6-4-3-5-7-15/h3-7,12-14,18H,8-11H2,1-2H3. The third-order valence-electron chi connectivity index (χ3n) is 4.04. The van der Waals surface area contributed by atoms with E-state index in [1.54, 1.807) is 0 Å². The van der Waals surface area contributed by atoms with Gasteiger partial charge in [-0.3, -0.25) is 4.79 Å². The molecule has 0 aromatic heterocycles. The van der Waals surface area contributed by atoms with Crippen LogP contribution in [0.4, 0.5) is 0 Å². The Morgan fingerprint density at radius 3 is 2.63 bits per heavy atom. The largest absolute Gasteiger partial charge is 0.396 e. The quantitative estimate of drug-likeness (QED) is 0.885. The molecular weight excluding hydrogens is 238 g/mol. The van der Waals surface area contributed by atoms with Crippen molar-refractivity contribution in [1.29, 1.82) is 0 Å². The van der Waals surface area contributed by atoms with Crippen molar-refractivity contribution in [2.45, 2.75) is 32.7 Å². The molecule has 1 aliphatic heterocycles. The van der Waals surface area contributed by atoms with Gasteiger partial charge in [-0.2, -0.15) is 0 Å². The van der Waals surface area contributed by atoms with E-state index in [2.05, 4.69) is 19.1 Å². The van der Waals surface area contributed by atoms with Crippen LogP contribution in [0.2, 0.25) is 0 Å². The average molecular weight is 261 g/mol. The predicted molar refractivity (Wildman–Crippen MR) is 75.5 cm³/mol. The van der Waals surface area contributed by atoms with E-state index < -0.39 is 0 Å². The maximum Gasteiger partial charge on any atom is 0.223 e. The van der Waals surface area contributed by atoms with E-state index >= 15 is 0 Å². The summed E-state index contributed by atoms with van der Waals surface area (Å²) in [5, 5.41) is 9.12. The van der Waals surface area contributed by atoms with Crippen LogP contribution >= 0.6 is 0 Å². The Hall–Kier alpha value is -1.35. The molecule has 0 radical (unpaired) electrons. The van der Waals surface area contributed by atoms with Crippen molar-refractivity contribution in [2.75, 3.05) is 13.2 Å². The van der Waals surface area contributed by atoms with Gasteiger partial charge in [0, 0.05) is 19.6 Å². The van der Waals surface area contributed by atoms with Gasteiger partial charge in [-0.15, -0.1) is 0 Å². The fraction of sp³-hybridized carbons (Fsp3) is 0.562. The summed E-state index contributed by atoms with van der Waals surface area (Å²) in [6.07, 6.45) is 1.56. The van der Waals surface area contributed by atoms with E-state index in [9.17, 15) is 4.79 Å². The first-order valence-electron chi connectivity index (χ1n) is 7.07. The van der Waals surface area contributed by atoms with Crippen molar-refractivity contribution in [3.8, 4) is 0 Å². The topological polar surface area (TPSA) is 40.5 Å². The molecule has 1 amide bonds. The monoisotopic (exact) mass is 261 g/mol. The van der Waals surface area contributed by atoms with Gasteiger partial charge in [0.1, 0.15) is 0 Å². The lowest BCUT2D eigenvalue weighted by molar-refractivity contribution is -0.129. The van der Waals surface area contributed by atoms with Gasteiger partial charge in [-0.25, -0.2) is 0 Å². The highest BCUT2D eigenvalue weighted by atomic mass is 16.3. The van der Waals surface area contributed by atoms with E-state index in [0.717, 1.165) is 13.0 Å². The van der Waals surface area contributed by atoms with Gasteiger partial charge in [0.2, 0.25) is 5.91 Å². The summed E-state index contributed by atoms with van der Waals surface area (Å²) in [6.45, 7) is 5.15. The Labute approximate surface area is 115 Å². The van der Waals surface area contributed by atoms with E-state index in [-0.39, 0.29) is 24.5 Å². The molecule has 0 aliphatic carbocycles. The lowest BCUT2D eigenvalue weighted by atomic mass is 9.95. The van der Waals surface area contributed by atoms with Crippen LogP contribution in [0.15, 0.2) is 30.3 Å². The molecule has 1 aromatic rings. The zero-order valence-electron chi connectivity index (χ0n) is 11.7. The number of carbonyl (C=O) groups is 1. The first-order valence-corrected chi connectivity index (χ1v) is 7.07. The summed E-state index contributed by atoms with van der Waals surface area (Å²) in [5.74, 6) is 0.914. The molecule has 1 N–H and O–H groups in total. The number of amides is 1. The van der Waals surface area contributed by atoms with Crippen molar-refractivity contribution in [3.63, 3.8) is 0 Å². The molecule has 19 heavy (non-hydrogen) atoms. The van der Waals surface area contributed by atoms with Crippen LogP contribution in [0.1, 0.15) is 38.3 Å². The fourth-order valence-electron chi connectivity index (χ4n) is 2.90. The highest BCUT2D eigenvalue weighted by Crippen LogP contribution is 2.31. The molecule has 3 heteroatoms. The van der Waals surface area contributed by atoms with Gasteiger partial charge in [0.15, 0.2) is 0 Å². The first kappa shape index (κ1) is 14.1. The van der Waals surface area contributed by atoms with Crippen molar-refractivity contribution < 1.29 is 9.90 Å². The van der Waals surface area contributed by atoms with E-state index in [4.69, 9.17) is 5.11 Å². The van der Waals surface area contributed by atoms with Crippen LogP contribution in [0.25, 0.3) is 0 Å². The van der Waals surface area contributed by atoms with Gasteiger partial charge in [0.05, 0.1) is 6.04 Å². The third-order valence-corrected chi connectivity index (χ3v) is 4.04. The van der Waals surface area contributed by atoms with Crippen LogP contribution in [-0.2, 0) is 4.79 Å². The number of likely N-dealkylation sites (tertiary alicyclic amines) is 1. The number of aliphatic hydroxyl groups is 1. The normalized spacial score (nSPS) is 22.6. The Morgan fingerprint density at radius 1 is 1.32 bits per heavy atom. The van der Waals surface area contributed by atoms with Gasteiger partial charge < -0.3 is 10.0 Å². The summed E-state index contributed by atoms with van der Waals surface area (Å²) in [5.41, 5.74) is 1.19. The summed E-state index contributed by atoms with van der Waals surface area (Å²) < 4.78 is 0. The summed E-state index contributed by atoms with van der Waals surface area (Å²) in [4.78, 5) is 14.1. The van der Waals surface area contributed by atoms with Crippen LogP contribution in [-0.4, -0.2) is 29.1 Å². The Balaban J connectivity index is 2.00. The van der Waals surface area contributed by atoms with Crippen molar-refractivity contribution in [1.82, 2.24) is 4.90 Å². The second-order valence-corrected chi connectivity index (χ2v) is 5.73. The third kappa shape index (κ3) is 3.35. The number of hydrogen-bond acceptors (Lipinski definition) is 2. The first-order chi connectivity index (χ1) is 9.11. The van der Waals surface area contributed by atoms with Gasteiger partial charge in [0.25, 0.3) is 0 Å². The number of nitrogens with zero attached hydrogens (tertiary/aromatic N) is 1. The van der Waals surface area contributed by atoms with E-state index in [1.807, 2.05) is 30.0 Å². The van der Waals surface area contributed by atoms with Crippen molar-refractivity contribution >= 4 is 5.91 Å². The molecule has 1 fully saturated rings. The second kappa shape index (κ2) is 6.20. The van der Waals surface area contributed by atoms with Crippen LogP contribution in [0.5, 0.6) is 0 Å². The molecule has 3 unspecified atom stereocenters. The summed E-state index contributed by atoms with van der Waals surface area (Å²) >= 11 is 0. The zero-order chi connectivity index (χ0) is 13.8. The number of carbonyl (C=O) groups excluding carboxylic acids is 1. The fourth-order valence-corrected chi connectivity index (χ4v) is 2.90. The number of hydrogen-bond donors (Lipinski definition) is 1. The minimum atomic E-state index is 0.142. The SMILES string of the molecule is CC(CO)CC1CC(=O)N(C(C)c2ccccc2)C1. The molecule has 0 saturated carbocycles. The van der Waals surface area contributed by atoms with Crippen LogP contribution in [0, 0.1) is 11.8 Å². The molecule has 2 rings (SSSR count). The predicted octanol–water partition coefficient (Wildman–Crippen LogP) is 2.61. The smallest absolute Gasteiger partial charge is 0.223 e. The second-order valence-electron chi connectivity index (χ2n) is 5.73. The van der Waals surface area contributed by atoms with Crippen LogP contribution in [0.3, 0.4) is 0 Å². The Morgan fingerprint density at radius 2 is 2.00 bits per heavy atom. The maximum atomic E-state index is 12.1. The Bertz CT molecular complexity index is 418. The molecule has 1 heterocycles.